The third-order valence-corrected chi connectivity index (χ3v) is 4.14. The van der Waals surface area contributed by atoms with Crippen LogP contribution in [-0.4, -0.2) is 24.7 Å². The first kappa shape index (κ1) is 18.6. The summed E-state index contributed by atoms with van der Waals surface area (Å²) in [5, 5.41) is 0. The first-order valence-corrected chi connectivity index (χ1v) is 8.63. The molecule has 27 heavy (non-hydrogen) atoms. The molecule has 0 aliphatic carbocycles. The van der Waals surface area contributed by atoms with E-state index < -0.39 is 0 Å². The summed E-state index contributed by atoms with van der Waals surface area (Å²) in [4.78, 5) is 15.7. The van der Waals surface area contributed by atoms with Gasteiger partial charge in [0.05, 0.1) is 0 Å². The smallest absolute Gasteiger partial charge is 0.188 e. The number of hydrogen-bond donors (Lipinski definition) is 1. The highest BCUT2D eigenvalue weighted by atomic mass is 16.7. The zero-order valence-corrected chi connectivity index (χ0v) is 15.4. The second-order valence-corrected chi connectivity index (χ2v) is 6.31. The normalized spacial score (nSPS) is 10.6. The molecule has 1 aromatic heterocycles. The lowest BCUT2D eigenvalue weighted by Crippen LogP contribution is -1.99. The number of carbonyl (C=O) groups is 1. The van der Waals surface area contributed by atoms with E-state index in [2.05, 4.69) is 4.98 Å². The zero-order valence-electron chi connectivity index (χ0n) is 15.4. The number of benzene rings is 2. The SMILES string of the molecule is COCOc1ccc(-c2cc(-c3cccc(CC(C)=O)c3)cnc2N)cc1. The number of ketones is 1. The van der Waals surface area contributed by atoms with Crippen LogP contribution < -0.4 is 10.5 Å². The van der Waals surface area contributed by atoms with Crippen molar-refractivity contribution in [3.8, 4) is 28.0 Å². The van der Waals surface area contributed by atoms with Crippen LogP contribution in [0.2, 0.25) is 0 Å². The number of methoxy groups -OCH3 is 1. The summed E-state index contributed by atoms with van der Waals surface area (Å²) in [5.74, 6) is 1.32. The third-order valence-electron chi connectivity index (χ3n) is 4.14. The Bertz CT molecular complexity index is 937. The molecule has 0 atom stereocenters. The second-order valence-electron chi connectivity index (χ2n) is 6.31. The number of nitrogen functional groups attached to an aromatic ring is 1. The Hall–Kier alpha value is -3.18. The van der Waals surface area contributed by atoms with E-state index in [4.69, 9.17) is 15.2 Å². The lowest BCUT2D eigenvalue weighted by Gasteiger charge is -2.10. The van der Waals surface area contributed by atoms with Crippen molar-refractivity contribution >= 4 is 11.6 Å². The second kappa shape index (κ2) is 8.47. The molecular formula is C22H22N2O3. The number of nitrogens with two attached hydrogens (primary N) is 1. The average molecular weight is 362 g/mol. The molecule has 0 spiro atoms. The maximum absolute atomic E-state index is 11.4. The standard InChI is InChI=1S/C22H22N2O3/c1-15(25)10-16-4-3-5-18(11-16)19-12-21(22(23)24-13-19)17-6-8-20(9-7-17)27-14-26-2/h3-9,11-13H,10,14H2,1-2H3,(H2,23,24). The molecular weight excluding hydrogens is 340 g/mol. The Kier molecular flexibility index (Phi) is 5.84. The number of hydrogen-bond acceptors (Lipinski definition) is 5. The fourth-order valence-electron chi connectivity index (χ4n) is 2.87. The lowest BCUT2D eigenvalue weighted by molar-refractivity contribution is -0.116. The fourth-order valence-corrected chi connectivity index (χ4v) is 2.87. The van der Waals surface area contributed by atoms with Gasteiger partial charge in [0, 0.05) is 30.9 Å². The van der Waals surface area contributed by atoms with Crippen molar-refractivity contribution in [1.82, 2.24) is 4.98 Å². The van der Waals surface area contributed by atoms with Crippen LogP contribution in [0.25, 0.3) is 22.3 Å². The number of Topliss-reactive ketones (excluding diaryl/α,β-unsaturated/α-hetero) is 1. The molecule has 0 saturated heterocycles. The molecule has 0 unspecified atom stereocenters. The molecule has 0 bridgehead atoms. The van der Waals surface area contributed by atoms with Gasteiger partial charge in [0.2, 0.25) is 0 Å². The predicted molar refractivity (Wildman–Crippen MR) is 106 cm³/mol. The Labute approximate surface area is 158 Å². The maximum Gasteiger partial charge on any atom is 0.188 e. The Balaban J connectivity index is 1.92. The van der Waals surface area contributed by atoms with Gasteiger partial charge < -0.3 is 15.2 Å². The highest BCUT2D eigenvalue weighted by Gasteiger charge is 2.09. The van der Waals surface area contributed by atoms with E-state index in [0.717, 1.165) is 33.6 Å². The summed E-state index contributed by atoms with van der Waals surface area (Å²) < 4.78 is 10.3. The van der Waals surface area contributed by atoms with Crippen LogP contribution >= 0.6 is 0 Å². The number of pyridine rings is 1. The van der Waals surface area contributed by atoms with Gasteiger partial charge >= 0.3 is 0 Å². The molecule has 0 fully saturated rings. The molecule has 0 aliphatic rings. The van der Waals surface area contributed by atoms with Gasteiger partial charge in [-0.2, -0.15) is 0 Å². The van der Waals surface area contributed by atoms with Gasteiger partial charge in [0.25, 0.3) is 0 Å². The molecule has 0 saturated carbocycles. The molecule has 0 amide bonds. The fraction of sp³-hybridized carbons (Fsp3) is 0.182. The first-order valence-electron chi connectivity index (χ1n) is 8.63. The summed E-state index contributed by atoms with van der Waals surface area (Å²) in [6.45, 7) is 1.80. The minimum Gasteiger partial charge on any atom is -0.468 e. The number of carbonyl (C=O) groups excluding carboxylic acids is 1. The van der Waals surface area contributed by atoms with Gasteiger partial charge in [-0.15, -0.1) is 0 Å². The van der Waals surface area contributed by atoms with Crippen LogP contribution in [0.15, 0.2) is 60.8 Å². The van der Waals surface area contributed by atoms with Gasteiger partial charge in [-0.25, -0.2) is 4.98 Å². The predicted octanol–water partition coefficient (Wildman–Crippen LogP) is 4.11. The average Bonchev–Trinajstić information content (AvgIpc) is 2.67. The Morgan fingerprint density at radius 2 is 1.81 bits per heavy atom. The Morgan fingerprint density at radius 1 is 1.04 bits per heavy atom. The van der Waals surface area contributed by atoms with Crippen molar-refractivity contribution in [1.29, 1.82) is 0 Å². The number of ether oxygens (including phenoxy) is 2. The highest BCUT2D eigenvalue weighted by Crippen LogP contribution is 2.31. The Morgan fingerprint density at radius 3 is 2.52 bits per heavy atom. The van der Waals surface area contributed by atoms with E-state index >= 15 is 0 Å². The monoisotopic (exact) mass is 362 g/mol. The molecule has 2 N–H and O–H groups in total. The highest BCUT2D eigenvalue weighted by molar-refractivity contribution is 5.81. The van der Waals surface area contributed by atoms with E-state index in [1.54, 1.807) is 20.2 Å². The zero-order chi connectivity index (χ0) is 19.2. The van der Waals surface area contributed by atoms with Crippen molar-refractivity contribution in [2.75, 3.05) is 19.6 Å². The molecule has 2 aromatic carbocycles. The van der Waals surface area contributed by atoms with E-state index in [1.807, 2.05) is 54.6 Å². The molecule has 0 radical (unpaired) electrons. The van der Waals surface area contributed by atoms with Gasteiger partial charge in [-0.1, -0.05) is 36.4 Å². The van der Waals surface area contributed by atoms with Crippen LogP contribution in [0.4, 0.5) is 5.82 Å². The van der Waals surface area contributed by atoms with Gasteiger partial charge in [0.1, 0.15) is 17.4 Å². The van der Waals surface area contributed by atoms with E-state index in [-0.39, 0.29) is 12.6 Å². The third kappa shape index (κ3) is 4.71. The summed E-state index contributed by atoms with van der Waals surface area (Å²) in [6, 6.07) is 17.5. The van der Waals surface area contributed by atoms with Crippen LogP contribution in [0.1, 0.15) is 12.5 Å². The van der Waals surface area contributed by atoms with E-state index in [0.29, 0.717) is 12.2 Å². The molecule has 138 valence electrons. The summed E-state index contributed by atoms with van der Waals surface area (Å²) in [7, 11) is 1.58. The van der Waals surface area contributed by atoms with Crippen molar-refractivity contribution in [3.05, 3.63) is 66.4 Å². The number of rotatable bonds is 7. The molecule has 1 heterocycles. The molecule has 5 nitrogen and oxygen atoms in total. The van der Waals surface area contributed by atoms with Gasteiger partial charge in [-0.05, 0) is 41.8 Å². The van der Waals surface area contributed by atoms with Crippen LogP contribution in [0, 0.1) is 0 Å². The van der Waals surface area contributed by atoms with Crippen molar-refractivity contribution in [2.24, 2.45) is 0 Å². The lowest BCUT2D eigenvalue weighted by atomic mass is 9.98. The van der Waals surface area contributed by atoms with Crippen LogP contribution in [-0.2, 0) is 16.0 Å². The largest absolute Gasteiger partial charge is 0.468 e. The quantitative estimate of drug-likeness (QED) is 0.640. The molecule has 3 aromatic rings. The van der Waals surface area contributed by atoms with Crippen molar-refractivity contribution in [3.63, 3.8) is 0 Å². The maximum atomic E-state index is 11.4. The summed E-state index contributed by atoms with van der Waals surface area (Å²) in [6.07, 6.45) is 2.17. The van der Waals surface area contributed by atoms with E-state index in [9.17, 15) is 4.79 Å². The topological polar surface area (TPSA) is 74.4 Å². The number of aromatic nitrogens is 1. The molecule has 5 heteroatoms. The minimum atomic E-state index is 0.138. The first-order chi connectivity index (χ1) is 13.1. The molecule has 3 rings (SSSR count). The van der Waals surface area contributed by atoms with Crippen molar-refractivity contribution < 1.29 is 14.3 Å². The minimum absolute atomic E-state index is 0.138. The van der Waals surface area contributed by atoms with E-state index in [1.165, 1.54) is 0 Å². The number of anilines is 1. The van der Waals surface area contributed by atoms with Gasteiger partial charge in [-0.3, -0.25) is 4.79 Å². The van der Waals surface area contributed by atoms with Crippen LogP contribution in [0.5, 0.6) is 5.75 Å². The molecule has 0 aliphatic heterocycles. The van der Waals surface area contributed by atoms with Crippen molar-refractivity contribution in [2.45, 2.75) is 13.3 Å². The van der Waals surface area contributed by atoms with Gasteiger partial charge in [0.15, 0.2) is 6.79 Å². The van der Waals surface area contributed by atoms with Crippen LogP contribution in [0.3, 0.4) is 0 Å². The number of nitrogens with zero attached hydrogens (tertiary/aromatic N) is 1. The summed E-state index contributed by atoms with van der Waals surface area (Å²) >= 11 is 0. The summed E-state index contributed by atoms with van der Waals surface area (Å²) in [5.41, 5.74) is 10.8.